The van der Waals surface area contributed by atoms with Gasteiger partial charge in [0.1, 0.15) is 11.3 Å². The minimum Gasteiger partial charge on any atom is -0.490 e. The van der Waals surface area contributed by atoms with Gasteiger partial charge in [-0.2, -0.15) is 13.2 Å². The van der Waals surface area contributed by atoms with Crippen LogP contribution in [0.1, 0.15) is 15.9 Å². The van der Waals surface area contributed by atoms with Gasteiger partial charge in [-0.15, -0.1) is 0 Å². The first-order valence-electron chi connectivity index (χ1n) is 6.57. The van der Waals surface area contributed by atoms with E-state index in [1.807, 2.05) is 0 Å². The van der Waals surface area contributed by atoms with E-state index < -0.39 is 23.6 Å². The normalized spacial score (nSPS) is 11.1. The predicted molar refractivity (Wildman–Crippen MR) is 83.0 cm³/mol. The van der Waals surface area contributed by atoms with Crippen LogP contribution in [0.25, 0.3) is 5.53 Å². The van der Waals surface area contributed by atoms with Gasteiger partial charge in [0.05, 0.1) is 12.7 Å². The van der Waals surface area contributed by atoms with Crippen LogP contribution in [-0.4, -0.2) is 18.1 Å². The zero-order valence-electron chi connectivity index (χ0n) is 12.6. The molecule has 0 spiro atoms. The smallest absolute Gasteiger partial charge is 0.421 e. The molecule has 0 aliphatic heterocycles. The van der Waals surface area contributed by atoms with E-state index in [9.17, 15) is 18.0 Å². The van der Waals surface area contributed by atoms with E-state index in [1.165, 1.54) is 12.1 Å². The fourth-order valence-corrected chi connectivity index (χ4v) is 2.02. The number of halogens is 4. The van der Waals surface area contributed by atoms with Crippen LogP contribution in [0, 0.1) is 0 Å². The first kappa shape index (κ1) is 18.8. The largest absolute Gasteiger partial charge is 0.490 e. The van der Waals surface area contributed by atoms with Gasteiger partial charge in [-0.05, 0) is 42.1 Å². The molecule has 0 atom stereocenters. The highest BCUT2D eigenvalue weighted by molar-refractivity contribution is 6.27. The zero-order valence-corrected chi connectivity index (χ0v) is 13.4. The van der Waals surface area contributed by atoms with Crippen LogP contribution >= 0.6 is 11.8 Å². The van der Waals surface area contributed by atoms with Gasteiger partial charge in [0.25, 0.3) is 0 Å². The number of hydrogen-bond acceptors (Lipinski definition) is 6. The summed E-state index contributed by atoms with van der Waals surface area (Å²) >= 11 is 5.73. The summed E-state index contributed by atoms with van der Waals surface area (Å²) in [5, 5.41) is 0. The molecule has 1 aromatic carbocycles. The van der Waals surface area contributed by atoms with Crippen molar-refractivity contribution in [1.29, 1.82) is 0 Å². The van der Waals surface area contributed by atoms with Crippen molar-refractivity contribution in [3.05, 3.63) is 53.2 Å². The Labute approximate surface area is 145 Å². The molecule has 11 heteroatoms. The lowest BCUT2D eigenvalue weighted by molar-refractivity contribution is -0.138. The topological polar surface area (TPSA) is 91.8 Å². The molecule has 1 aromatic heterocycles. The third kappa shape index (κ3) is 4.29. The van der Waals surface area contributed by atoms with Crippen molar-refractivity contribution >= 4 is 23.4 Å². The molecule has 0 fully saturated rings. The molecular weight excluding hydrogens is 365 g/mol. The molecule has 0 aliphatic rings. The minimum absolute atomic E-state index is 0.0560. The summed E-state index contributed by atoms with van der Waals surface area (Å²) in [7, 11) is 1.12. The second kappa shape index (κ2) is 7.55. The molecule has 25 heavy (non-hydrogen) atoms. The van der Waals surface area contributed by atoms with Crippen molar-refractivity contribution in [2.45, 2.75) is 6.18 Å². The van der Waals surface area contributed by atoms with Gasteiger partial charge in [0, 0.05) is 11.9 Å². The lowest BCUT2D eigenvalue weighted by atomic mass is 10.1. The molecule has 0 amide bonds. The number of carbonyl (C=O) groups excluding carboxylic acids is 1. The highest BCUT2D eigenvalue weighted by atomic mass is 35.5. The van der Waals surface area contributed by atoms with Crippen molar-refractivity contribution in [2.24, 2.45) is 5.84 Å². The third-order valence-corrected chi connectivity index (χ3v) is 3.23. The Bertz CT molecular complexity index is 773. The van der Waals surface area contributed by atoms with Crippen molar-refractivity contribution in [2.75, 3.05) is 11.6 Å². The predicted octanol–water partition coefficient (Wildman–Crippen LogP) is 3.80. The van der Waals surface area contributed by atoms with Crippen molar-refractivity contribution in [1.82, 2.24) is 4.98 Å². The molecule has 7 nitrogen and oxygen atoms in total. The Balaban J connectivity index is 2.44. The number of nitrogens with two attached hydrogens (primary N) is 1. The average Bonchev–Trinajstić information content (AvgIpc) is 2.59. The van der Waals surface area contributed by atoms with Crippen LogP contribution in [0.3, 0.4) is 0 Å². The third-order valence-electron chi connectivity index (χ3n) is 2.96. The quantitative estimate of drug-likeness (QED) is 0.370. The van der Waals surface area contributed by atoms with Gasteiger partial charge in [0.15, 0.2) is 0 Å². The standard InChI is InChI=1S/C14H11ClF3N4O3/c1-24-13(23)9-7-8(4-5-11(9)22(15)21-19)25-12-10(14(16,17)18)3-2-6-20-12/h2-7H,19H2,1H3/q-1. The maximum absolute atomic E-state index is 13.0. The van der Waals surface area contributed by atoms with E-state index in [-0.39, 0.29) is 17.0 Å². The van der Waals surface area contributed by atoms with Gasteiger partial charge < -0.3 is 25.4 Å². The number of esters is 1. The van der Waals surface area contributed by atoms with Crippen LogP contribution in [-0.2, 0) is 10.9 Å². The molecule has 0 unspecified atom stereocenters. The van der Waals surface area contributed by atoms with Crippen LogP contribution in [0.4, 0.5) is 18.9 Å². The summed E-state index contributed by atoms with van der Waals surface area (Å²) < 4.78 is 49.4. The van der Waals surface area contributed by atoms with E-state index >= 15 is 0 Å². The number of nitrogens with zero attached hydrogens (tertiary/aromatic N) is 3. The van der Waals surface area contributed by atoms with Gasteiger partial charge in [-0.25, -0.2) is 9.78 Å². The molecule has 0 bridgehead atoms. The van der Waals surface area contributed by atoms with Crippen LogP contribution in [0.2, 0.25) is 0 Å². The summed E-state index contributed by atoms with van der Waals surface area (Å²) in [6.07, 6.45) is -3.51. The number of pyridine rings is 1. The van der Waals surface area contributed by atoms with Crippen molar-refractivity contribution in [3.63, 3.8) is 0 Å². The number of carbonyl (C=O) groups is 1. The maximum atomic E-state index is 13.0. The summed E-state index contributed by atoms with van der Waals surface area (Å²) in [6.45, 7) is 0. The molecule has 2 N–H and O–H groups in total. The van der Waals surface area contributed by atoms with E-state index in [0.29, 0.717) is 4.53 Å². The number of hydrogen-bond donors (Lipinski definition) is 1. The number of ether oxygens (including phenoxy) is 2. The molecule has 1 heterocycles. The summed E-state index contributed by atoms with van der Waals surface area (Å²) in [4.78, 5) is 15.4. The number of methoxy groups -OCH3 is 1. The van der Waals surface area contributed by atoms with Gasteiger partial charge in [-0.1, -0.05) is 0 Å². The highest BCUT2D eigenvalue weighted by Gasteiger charge is 2.35. The number of alkyl halides is 3. The second-order valence-electron chi connectivity index (χ2n) is 4.50. The van der Waals surface area contributed by atoms with Crippen molar-refractivity contribution in [3.8, 4) is 11.6 Å². The number of rotatable bonds is 5. The summed E-state index contributed by atoms with van der Waals surface area (Å²) in [5.41, 5.74) is 2.06. The van der Waals surface area contributed by atoms with E-state index in [4.69, 9.17) is 22.4 Å². The van der Waals surface area contributed by atoms with E-state index in [2.05, 4.69) is 15.3 Å². The van der Waals surface area contributed by atoms with Crippen LogP contribution in [0.5, 0.6) is 11.6 Å². The lowest BCUT2D eigenvalue weighted by Crippen LogP contribution is -2.14. The highest BCUT2D eigenvalue weighted by Crippen LogP contribution is 2.37. The number of aromatic nitrogens is 1. The van der Waals surface area contributed by atoms with Crippen molar-refractivity contribution < 1.29 is 27.4 Å². The van der Waals surface area contributed by atoms with E-state index in [1.54, 1.807) is 0 Å². The molecule has 134 valence electrons. The molecular formula is C14H11ClF3N4O3-. The summed E-state index contributed by atoms with van der Waals surface area (Å²) in [5.74, 6) is 3.48. The Hall–Kier alpha value is -2.56. The Morgan fingerprint density at radius 3 is 2.68 bits per heavy atom. The van der Waals surface area contributed by atoms with Gasteiger partial charge in [0.2, 0.25) is 5.88 Å². The molecule has 2 aromatic rings. The maximum Gasteiger partial charge on any atom is 0.421 e. The molecule has 0 saturated carbocycles. The molecule has 0 radical (unpaired) electrons. The first-order chi connectivity index (χ1) is 11.8. The SMILES string of the molecule is COC(=O)c1cc(Oc2ncccc2C(F)(F)F)ccc1N(Cl)[N-]N. The van der Waals surface area contributed by atoms with Crippen LogP contribution in [0.15, 0.2) is 36.5 Å². The fraction of sp³-hybridized carbons (Fsp3) is 0.143. The van der Waals surface area contributed by atoms with Gasteiger partial charge in [-0.3, -0.25) is 0 Å². The Kier molecular flexibility index (Phi) is 5.67. The fourth-order valence-electron chi connectivity index (χ4n) is 1.87. The monoisotopic (exact) mass is 375 g/mol. The molecule has 0 aliphatic carbocycles. The number of anilines is 1. The van der Waals surface area contributed by atoms with Crippen LogP contribution < -0.4 is 15.1 Å². The summed E-state index contributed by atoms with van der Waals surface area (Å²) in [6, 6.07) is 5.65. The Morgan fingerprint density at radius 1 is 1.36 bits per heavy atom. The molecule has 2 rings (SSSR count). The van der Waals surface area contributed by atoms with Gasteiger partial charge >= 0.3 is 12.1 Å². The Morgan fingerprint density at radius 2 is 2.08 bits per heavy atom. The molecule has 0 saturated heterocycles. The minimum atomic E-state index is -4.65. The zero-order chi connectivity index (χ0) is 18.6. The van der Waals surface area contributed by atoms with E-state index in [0.717, 1.165) is 31.5 Å². The first-order valence-corrected chi connectivity index (χ1v) is 6.91. The average molecular weight is 376 g/mol. The lowest BCUT2D eigenvalue weighted by Gasteiger charge is -2.29. The second-order valence-corrected chi connectivity index (χ2v) is 4.82. The number of benzene rings is 1.